The van der Waals surface area contributed by atoms with Crippen LogP contribution in [0.15, 0.2) is 0 Å². The Morgan fingerprint density at radius 2 is 1.57 bits per heavy atom. The summed E-state index contributed by atoms with van der Waals surface area (Å²) < 4.78 is 5.49. The molecule has 2 N–H and O–H groups in total. The molecule has 1 saturated carbocycles. The van der Waals surface area contributed by atoms with Crippen molar-refractivity contribution in [2.24, 2.45) is 11.8 Å². The van der Waals surface area contributed by atoms with Crippen molar-refractivity contribution in [1.82, 2.24) is 0 Å². The minimum absolute atomic E-state index is 0.0229. The van der Waals surface area contributed by atoms with E-state index in [1.54, 1.807) is 27.7 Å². The molecule has 0 radical (unpaired) electrons. The van der Waals surface area contributed by atoms with E-state index in [0.29, 0.717) is 12.8 Å². The first-order chi connectivity index (χ1) is 9.45. The molecule has 0 aromatic rings. The second-order valence-corrected chi connectivity index (χ2v) is 8.85. The van der Waals surface area contributed by atoms with Crippen LogP contribution in [0.25, 0.3) is 0 Å². The van der Waals surface area contributed by atoms with Crippen molar-refractivity contribution in [2.75, 3.05) is 0 Å². The van der Waals surface area contributed by atoms with Crippen molar-refractivity contribution >= 4 is 28.6 Å². The van der Waals surface area contributed by atoms with E-state index in [4.69, 9.17) is 4.74 Å². The monoisotopic (exact) mass is 412 g/mol. The molecule has 0 bridgehead atoms. The summed E-state index contributed by atoms with van der Waals surface area (Å²) >= 11 is 2.10. The number of ether oxygens (including phenoxy) is 1. The maximum Gasteiger partial charge on any atom is 0.319 e. The fourth-order valence-corrected chi connectivity index (χ4v) is 3.07. The van der Waals surface area contributed by atoms with Gasteiger partial charge in [0.25, 0.3) is 0 Å². The van der Waals surface area contributed by atoms with Crippen LogP contribution in [0.2, 0.25) is 0 Å². The van der Waals surface area contributed by atoms with Gasteiger partial charge in [0.2, 0.25) is 0 Å². The maximum absolute atomic E-state index is 12.0. The van der Waals surface area contributed by atoms with Gasteiger partial charge in [-0.25, -0.2) is 0 Å². The lowest BCUT2D eigenvalue weighted by atomic mass is 9.68. The van der Waals surface area contributed by atoms with E-state index in [2.05, 4.69) is 22.6 Å². The predicted octanol–water partition coefficient (Wildman–Crippen LogP) is 3.07. The molecule has 1 aliphatic rings. The summed E-state index contributed by atoms with van der Waals surface area (Å²) in [6.45, 7) is 9.11. The number of carbonyl (C=O) groups excluding carboxylic acids is 1. The molecule has 0 aromatic heterocycles. The topological polar surface area (TPSA) is 66.8 Å². The number of alkyl halides is 1. The first kappa shape index (κ1) is 19.2. The van der Waals surface area contributed by atoms with E-state index in [1.807, 2.05) is 6.92 Å². The van der Waals surface area contributed by atoms with Gasteiger partial charge in [0, 0.05) is 0 Å². The van der Waals surface area contributed by atoms with Crippen LogP contribution < -0.4 is 0 Å². The number of aliphatic hydroxyl groups is 2. The van der Waals surface area contributed by atoms with Gasteiger partial charge in [-0.1, -0.05) is 29.5 Å². The number of hydrogen-bond acceptors (Lipinski definition) is 4. The number of halogens is 1. The zero-order valence-electron chi connectivity index (χ0n) is 13.7. The Bertz CT molecular complexity index is 334. The summed E-state index contributed by atoms with van der Waals surface area (Å²) in [6, 6.07) is 0. The summed E-state index contributed by atoms with van der Waals surface area (Å²) in [4.78, 5) is 12.0. The van der Waals surface area contributed by atoms with E-state index in [-0.39, 0.29) is 27.8 Å². The quantitative estimate of drug-likeness (QED) is 0.414. The summed E-state index contributed by atoms with van der Waals surface area (Å²) in [5.41, 5.74) is -1.66. The van der Waals surface area contributed by atoms with Crippen LogP contribution in [0.5, 0.6) is 0 Å². The molecule has 1 fully saturated rings. The molecule has 0 spiro atoms. The first-order valence-electron chi connectivity index (χ1n) is 7.74. The smallest absolute Gasteiger partial charge is 0.319 e. The highest BCUT2D eigenvalue weighted by Crippen LogP contribution is 2.41. The molecular formula is C16H29IO4. The number of esters is 1. The van der Waals surface area contributed by atoms with Gasteiger partial charge >= 0.3 is 5.97 Å². The number of carbonyl (C=O) groups is 1. The largest absolute Gasteiger partial charge is 0.462 e. The van der Waals surface area contributed by atoms with Crippen LogP contribution in [0.4, 0.5) is 0 Å². The molecule has 3 atom stereocenters. The molecule has 21 heavy (non-hydrogen) atoms. The van der Waals surface area contributed by atoms with Crippen LogP contribution in [-0.2, 0) is 9.53 Å². The lowest BCUT2D eigenvalue weighted by Gasteiger charge is -2.44. The van der Waals surface area contributed by atoms with Gasteiger partial charge < -0.3 is 14.9 Å². The molecule has 1 aliphatic carbocycles. The molecule has 0 aromatic carbocycles. The van der Waals surface area contributed by atoms with Crippen molar-refractivity contribution < 1.29 is 19.7 Å². The Kier molecular flexibility index (Phi) is 6.51. The Balaban J connectivity index is 2.81. The third-order valence-electron chi connectivity index (χ3n) is 4.56. The summed E-state index contributed by atoms with van der Waals surface area (Å²) in [5.74, 6) is -0.140. The molecule has 124 valence electrons. The molecule has 4 nitrogen and oxygen atoms in total. The average Bonchev–Trinajstić information content (AvgIpc) is 2.35. The first-order valence-corrected chi connectivity index (χ1v) is 8.99. The predicted molar refractivity (Wildman–Crippen MR) is 91.4 cm³/mol. The molecule has 1 rings (SSSR count). The minimum atomic E-state index is -0.830. The standard InChI is InChI=1S/C16H29IO4/c1-6-13(17)14(18)21-12-8-10(15(2,3)19)7-11(9-12)16(4,5)20/h10-13,19-20H,6-9H2,1-5H3. The molecule has 0 amide bonds. The normalized spacial score (nSPS) is 29.0. The van der Waals surface area contributed by atoms with Crippen molar-refractivity contribution in [3.05, 3.63) is 0 Å². The highest BCUT2D eigenvalue weighted by Gasteiger charge is 2.42. The number of hydrogen-bond donors (Lipinski definition) is 2. The Hall–Kier alpha value is 0.120. The average molecular weight is 412 g/mol. The van der Waals surface area contributed by atoms with Gasteiger partial charge in [0.05, 0.1) is 11.2 Å². The maximum atomic E-state index is 12.0. The highest BCUT2D eigenvalue weighted by molar-refractivity contribution is 14.1. The molecule has 5 heteroatoms. The minimum Gasteiger partial charge on any atom is -0.462 e. The summed E-state index contributed by atoms with van der Waals surface area (Å²) in [5, 5.41) is 20.6. The second kappa shape index (κ2) is 7.13. The lowest BCUT2D eigenvalue weighted by molar-refractivity contribution is -0.157. The van der Waals surface area contributed by atoms with Crippen molar-refractivity contribution in [1.29, 1.82) is 0 Å². The fourth-order valence-electron chi connectivity index (χ4n) is 2.92. The van der Waals surface area contributed by atoms with Crippen molar-refractivity contribution in [3.63, 3.8) is 0 Å². The third-order valence-corrected chi connectivity index (χ3v) is 5.95. The molecule has 0 aliphatic heterocycles. The van der Waals surface area contributed by atoms with E-state index in [9.17, 15) is 15.0 Å². The van der Waals surface area contributed by atoms with E-state index in [1.165, 1.54) is 0 Å². The third kappa shape index (κ3) is 5.67. The molecule has 0 heterocycles. The molecule has 0 saturated heterocycles. The van der Waals surface area contributed by atoms with Crippen LogP contribution in [0.3, 0.4) is 0 Å². The highest BCUT2D eigenvalue weighted by atomic mass is 127. The lowest BCUT2D eigenvalue weighted by Crippen LogP contribution is -2.46. The van der Waals surface area contributed by atoms with Gasteiger partial charge in [0.1, 0.15) is 10.0 Å². The Morgan fingerprint density at radius 3 is 1.90 bits per heavy atom. The Morgan fingerprint density at radius 1 is 1.14 bits per heavy atom. The van der Waals surface area contributed by atoms with Crippen LogP contribution in [0, 0.1) is 11.8 Å². The van der Waals surface area contributed by atoms with Gasteiger partial charge in [-0.2, -0.15) is 0 Å². The van der Waals surface area contributed by atoms with Gasteiger partial charge in [0.15, 0.2) is 0 Å². The van der Waals surface area contributed by atoms with E-state index < -0.39 is 11.2 Å². The second-order valence-electron chi connectivity index (χ2n) is 7.34. The van der Waals surface area contributed by atoms with Crippen LogP contribution >= 0.6 is 22.6 Å². The van der Waals surface area contributed by atoms with Gasteiger partial charge in [-0.15, -0.1) is 0 Å². The van der Waals surface area contributed by atoms with E-state index >= 15 is 0 Å². The fraction of sp³-hybridized carbons (Fsp3) is 0.938. The van der Waals surface area contributed by atoms with Crippen molar-refractivity contribution in [2.45, 2.75) is 81.5 Å². The van der Waals surface area contributed by atoms with Crippen molar-refractivity contribution in [3.8, 4) is 0 Å². The van der Waals surface area contributed by atoms with Crippen LogP contribution in [0.1, 0.15) is 60.3 Å². The van der Waals surface area contributed by atoms with Crippen LogP contribution in [-0.4, -0.2) is 37.4 Å². The van der Waals surface area contributed by atoms with Gasteiger partial charge in [-0.05, 0) is 65.2 Å². The van der Waals surface area contributed by atoms with Gasteiger partial charge in [-0.3, -0.25) is 4.79 Å². The Labute approximate surface area is 141 Å². The zero-order valence-corrected chi connectivity index (χ0v) is 15.9. The zero-order chi connectivity index (χ0) is 16.4. The number of rotatable bonds is 5. The summed E-state index contributed by atoms with van der Waals surface area (Å²) in [6.07, 6.45) is 2.60. The molecule has 3 unspecified atom stereocenters. The van der Waals surface area contributed by atoms with E-state index in [0.717, 1.165) is 12.8 Å². The SMILES string of the molecule is CCC(I)C(=O)OC1CC(C(C)(C)O)CC(C(C)(C)O)C1. The summed E-state index contributed by atoms with van der Waals surface area (Å²) in [7, 11) is 0. The molecular weight excluding hydrogens is 383 g/mol.